The Balaban J connectivity index is 2.69. The molecule has 3 nitrogen and oxygen atoms in total. The van der Waals surface area contributed by atoms with Crippen LogP contribution in [0.25, 0.3) is 0 Å². The average molecular weight is 180 g/mol. The standard InChI is InChI=1S/C10H16N2O/c1-10(11,5-2-8-13)9-3-6-12-7-4-9/h3-4,6-7,13H,2,5,8,11H2,1H3. The second kappa shape index (κ2) is 4.35. The van der Waals surface area contributed by atoms with Gasteiger partial charge in [0.15, 0.2) is 0 Å². The van der Waals surface area contributed by atoms with Crippen LogP contribution in [-0.2, 0) is 5.54 Å². The fourth-order valence-corrected chi connectivity index (χ4v) is 1.32. The molecule has 0 bridgehead atoms. The van der Waals surface area contributed by atoms with Gasteiger partial charge in [-0.15, -0.1) is 0 Å². The number of aliphatic hydroxyl groups is 1. The maximum atomic E-state index is 8.71. The van der Waals surface area contributed by atoms with Crippen molar-refractivity contribution < 1.29 is 5.11 Å². The van der Waals surface area contributed by atoms with Crippen molar-refractivity contribution in [1.82, 2.24) is 4.98 Å². The van der Waals surface area contributed by atoms with Crippen molar-refractivity contribution in [3.63, 3.8) is 0 Å². The van der Waals surface area contributed by atoms with Gasteiger partial charge in [0.25, 0.3) is 0 Å². The van der Waals surface area contributed by atoms with E-state index in [0.717, 1.165) is 18.4 Å². The van der Waals surface area contributed by atoms with Crippen LogP contribution in [0.3, 0.4) is 0 Å². The minimum absolute atomic E-state index is 0.192. The van der Waals surface area contributed by atoms with E-state index in [4.69, 9.17) is 10.8 Å². The fraction of sp³-hybridized carbons (Fsp3) is 0.500. The number of rotatable bonds is 4. The number of hydrogen-bond donors (Lipinski definition) is 2. The second-order valence-corrected chi connectivity index (χ2v) is 3.48. The first kappa shape index (κ1) is 10.2. The molecule has 13 heavy (non-hydrogen) atoms. The second-order valence-electron chi connectivity index (χ2n) is 3.48. The third kappa shape index (κ3) is 2.79. The molecule has 0 aliphatic rings. The Morgan fingerprint density at radius 3 is 2.62 bits per heavy atom. The fourth-order valence-electron chi connectivity index (χ4n) is 1.32. The molecule has 0 fully saturated rings. The van der Waals surface area contributed by atoms with Crippen molar-refractivity contribution in [1.29, 1.82) is 0 Å². The van der Waals surface area contributed by atoms with E-state index in [-0.39, 0.29) is 12.1 Å². The van der Waals surface area contributed by atoms with Crippen LogP contribution < -0.4 is 5.73 Å². The van der Waals surface area contributed by atoms with Crippen LogP contribution in [0, 0.1) is 0 Å². The normalized spacial score (nSPS) is 15.3. The van der Waals surface area contributed by atoms with E-state index in [9.17, 15) is 0 Å². The van der Waals surface area contributed by atoms with E-state index in [1.165, 1.54) is 0 Å². The van der Waals surface area contributed by atoms with E-state index in [0.29, 0.717) is 0 Å². The number of pyridine rings is 1. The molecule has 0 aliphatic heterocycles. The SMILES string of the molecule is CC(N)(CCCO)c1ccncc1. The van der Waals surface area contributed by atoms with Crippen LogP contribution >= 0.6 is 0 Å². The molecule has 3 N–H and O–H groups in total. The number of nitrogens with zero attached hydrogens (tertiary/aromatic N) is 1. The van der Waals surface area contributed by atoms with Gasteiger partial charge in [0.1, 0.15) is 0 Å². The van der Waals surface area contributed by atoms with Crippen LogP contribution in [0.1, 0.15) is 25.3 Å². The summed E-state index contributed by atoms with van der Waals surface area (Å²) in [7, 11) is 0. The van der Waals surface area contributed by atoms with E-state index < -0.39 is 0 Å². The monoisotopic (exact) mass is 180 g/mol. The van der Waals surface area contributed by atoms with Gasteiger partial charge in [-0.3, -0.25) is 4.98 Å². The Labute approximate surface area is 78.6 Å². The zero-order valence-corrected chi connectivity index (χ0v) is 7.90. The quantitative estimate of drug-likeness (QED) is 0.727. The molecule has 72 valence electrons. The highest BCUT2D eigenvalue weighted by Gasteiger charge is 2.19. The van der Waals surface area contributed by atoms with Gasteiger partial charge in [0, 0.05) is 24.5 Å². The van der Waals surface area contributed by atoms with Crippen LogP contribution in [0.5, 0.6) is 0 Å². The molecule has 3 heteroatoms. The van der Waals surface area contributed by atoms with Crippen molar-refractivity contribution in [3.8, 4) is 0 Å². The van der Waals surface area contributed by atoms with Crippen LogP contribution in [-0.4, -0.2) is 16.7 Å². The van der Waals surface area contributed by atoms with Gasteiger partial charge in [0.2, 0.25) is 0 Å². The lowest BCUT2D eigenvalue weighted by molar-refractivity contribution is 0.265. The Kier molecular flexibility index (Phi) is 3.39. The first-order chi connectivity index (χ1) is 6.17. The van der Waals surface area contributed by atoms with Gasteiger partial charge in [-0.05, 0) is 37.5 Å². The molecular formula is C10H16N2O. The zero-order valence-electron chi connectivity index (χ0n) is 7.90. The highest BCUT2D eigenvalue weighted by molar-refractivity contribution is 5.19. The molecule has 0 aromatic carbocycles. The summed E-state index contributed by atoms with van der Waals surface area (Å²) in [6.07, 6.45) is 4.99. The molecule has 0 aliphatic carbocycles. The van der Waals surface area contributed by atoms with Crippen molar-refractivity contribution in [2.45, 2.75) is 25.3 Å². The lowest BCUT2D eigenvalue weighted by atomic mass is 9.89. The lowest BCUT2D eigenvalue weighted by Gasteiger charge is -2.24. The number of hydrogen-bond acceptors (Lipinski definition) is 3. The first-order valence-corrected chi connectivity index (χ1v) is 4.47. The predicted octanol–water partition coefficient (Wildman–Crippen LogP) is 1.03. The summed E-state index contributed by atoms with van der Waals surface area (Å²) in [6.45, 7) is 2.16. The molecule has 0 radical (unpaired) electrons. The molecule has 1 aromatic rings. The molecule has 0 amide bonds. The van der Waals surface area contributed by atoms with Crippen molar-refractivity contribution in [2.75, 3.05) is 6.61 Å². The van der Waals surface area contributed by atoms with E-state index in [2.05, 4.69) is 4.98 Å². The Hall–Kier alpha value is -0.930. The van der Waals surface area contributed by atoms with Crippen molar-refractivity contribution in [3.05, 3.63) is 30.1 Å². The minimum Gasteiger partial charge on any atom is -0.396 e. The summed E-state index contributed by atoms with van der Waals surface area (Å²) in [6, 6.07) is 3.83. The summed E-state index contributed by atoms with van der Waals surface area (Å²) in [5.41, 5.74) is 6.80. The molecule has 1 aromatic heterocycles. The summed E-state index contributed by atoms with van der Waals surface area (Å²) in [5.74, 6) is 0. The Morgan fingerprint density at radius 1 is 1.46 bits per heavy atom. The summed E-state index contributed by atoms with van der Waals surface area (Å²) in [4.78, 5) is 3.93. The predicted molar refractivity (Wildman–Crippen MR) is 52.1 cm³/mol. The maximum Gasteiger partial charge on any atom is 0.0431 e. The lowest BCUT2D eigenvalue weighted by Crippen LogP contribution is -2.33. The highest BCUT2D eigenvalue weighted by Crippen LogP contribution is 2.21. The molecular weight excluding hydrogens is 164 g/mol. The zero-order chi connectivity index (χ0) is 9.73. The van der Waals surface area contributed by atoms with Gasteiger partial charge >= 0.3 is 0 Å². The summed E-state index contributed by atoms with van der Waals surface area (Å²) >= 11 is 0. The number of aromatic nitrogens is 1. The van der Waals surface area contributed by atoms with Crippen molar-refractivity contribution >= 4 is 0 Å². The molecule has 1 unspecified atom stereocenters. The van der Waals surface area contributed by atoms with Crippen LogP contribution in [0.15, 0.2) is 24.5 Å². The third-order valence-electron chi connectivity index (χ3n) is 2.19. The third-order valence-corrected chi connectivity index (χ3v) is 2.19. The smallest absolute Gasteiger partial charge is 0.0431 e. The summed E-state index contributed by atoms with van der Waals surface area (Å²) in [5, 5.41) is 8.71. The minimum atomic E-state index is -0.355. The van der Waals surface area contributed by atoms with E-state index in [1.807, 2.05) is 19.1 Å². The first-order valence-electron chi connectivity index (χ1n) is 4.47. The molecule has 0 saturated carbocycles. The van der Waals surface area contributed by atoms with E-state index in [1.54, 1.807) is 12.4 Å². The highest BCUT2D eigenvalue weighted by atomic mass is 16.2. The summed E-state index contributed by atoms with van der Waals surface area (Å²) < 4.78 is 0. The molecule has 1 atom stereocenters. The van der Waals surface area contributed by atoms with Gasteiger partial charge in [-0.1, -0.05) is 0 Å². The van der Waals surface area contributed by atoms with Crippen LogP contribution in [0.2, 0.25) is 0 Å². The Bertz CT molecular complexity index is 246. The van der Waals surface area contributed by atoms with E-state index >= 15 is 0 Å². The number of nitrogens with two attached hydrogens (primary N) is 1. The molecule has 0 spiro atoms. The van der Waals surface area contributed by atoms with Gasteiger partial charge in [0.05, 0.1) is 0 Å². The van der Waals surface area contributed by atoms with Gasteiger partial charge in [-0.2, -0.15) is 0 Å². The largest absolute Gasteiger partial charge is 0.396 e. The number of aliphatic hydroxyl groups excluding tert-OH is 1. The van der Waals surface area contributed by atoms with Crippen molar-refractivity contribution in [2.24, 2.45) is 5.73 Å². The topological polar surface area (TPSA) is 59.1 Å². The molecule has 1 rings (SSSR count). The maximum absolute atomic E-state index is 8.71. The van der Waals surface area contributed by atoms with Gasteiger partial charge < -0.3 is 10.8 Å². The van der Waals surface area contributed by atoms with Crippen LogP contribution in [0.4, 0.5) is 0 Å². The molecule has 0 saturated heterocycles. The van der Waals surface area contributed by atoms with Gasteiger partial charge in [-0.25, -0.2) is 0 Å². The molecule has 1 heterocycles. The average Bonchev–Trinajstić information content (AvgIpc) is 2.16. The Morgan fingerprint density at radius 2 is 2.08 bits per heavy atom.